The molecular weight excluding hydrogens is 488 g/mol. The van der Waals surface area contributed by atoms with Gasteiger partial charge >= 0.3 is 5.97 Å². The Morgan fingerprint density at radius 2 is 2.03 bits per heavy atom. The molecule has 1 atom stereocenters. The molecule has 3 aromatic rings. The maximum absolute atomic E-state index is 11.8. The molecule has 1 aromatic heterocycles. The first-order chi connectivity index (χ1) is 17.9. The van der Waals surface area contributed by atoms with Crippen molar-refractivity contribution in [3.8, 4) is 11.5 Å². The van der Waals surface area contributed by atoms with Crippen molar-refractivity contribution in [3.63, 3.8) is 0 Å². The molecule has 0 saturated heterocycles. The van der Waals surface area contributed by atoms with Gasteiger partial charge in [0.05, 0.1) is 12.3 Å². The summed E-state index contributed by atoms with van der Waals surface area (Å²) in [7, 11) is 0. The summed E-state index contributed by atoms with van der Waals surface area (Å²) in [6.07, 6.45) is 4.85. The molecule has 0 fully saturated rings. The van der Waals surface area contributed by atoms with Crippen molar-refractivity contribution < 1.29 is 19.0 Å². The number of para-hydroxylation sites is 1. The van der Waals surface area contributed by atoms with Gasteiger partial charge < -0.3 is 19.5 Å². The molecule has 1 aliphatic heterocycles. The Kier molecular flexibility index (Phi) is 8.35. The average Bonchev–Trinajstić information content (AvgIpc) is 2.91. The molecular formula is C28H30N4O4S. The van der Waals surface area contributed by atoms with Gasteiger partial charge in [-0.3, -0.25) is 10.4 Å². The van der Waals surface area contributed by atoms with Gasteiger partial charge in [0.15, 0.2) is 11.7 Å². The van der Waals surface area contributed by atoms with Gasteiger partial charge in [-0.2, -0.15) is 5.10 Å². The van der Waals surface area contributed by atoms with Crippen LogP contribution in [0.3, 0.4) is 0 Å². The minimum absolute atomic E-state index is 0.184. The topological polar surface area (TPSA) is 94.1 Å². The predicted octanol–water partition coefficient (Wildman–Crippen LogP) is 4.97. The van der Waals surface area contributed by atoms with Crippen LogP contribution >= 0.6 is 12.2 Å². The number of carbonyl (C=O) groups is 1. The van der Waals surface area contributed by atoms with Gasteiger partial charge in [0.2, 0.25) is 0 Å². The number of hydrogen-bond acceptors (Lipinski definition) is 7. The van der Waals surface area contributed by atoms with Gasteiger partial charge in [0.1, 0.15) is 17.1 Å². The lowest BCUT2D eigenvalue weighted by Crippen LogP contribution is -2.38. The lowest BCUT2D eigenvalue weighted by Gasteiger charge is -2.36. The number of ether oxygens (including phenoxy) is 3. The highest BCUT2D eigenvalue weighted by atomic mass is 32.1. The highest BCUT2D eigenvalue weighted by molar-refractivity contribution is 7.80. The monoisotopic (exact) mass is 518 g/mol. The van der Waals surface area contributed by atoms with E-state index < -0.39 is 11.6 Å². The van der Waals surface area contributed by atoms with Gasteiger partial charge in [-0.1, -0.05) is 31.2 Å². The van der Waals surface area contributed by atoms with E-state index in [0.717, 1.165) is 34.5 Å². The average molecular weight is 519 g/mol. The third-order valence-electron chi connectivity index (χ3n) is 5.97. The number of hydrazone groups is 1. The van der Waals surface area contributed by atoms with E-state index in [1.165, 1.54) is 0 Å². The first kappa shape index (κ1) is 26.1. The normalized spacial score (nSPS) is 17.3. The maximum atomic E-state index is 11.8. The minimum atomic E-state index is -0.695. The van der Waals surface area contributed by atoms with E-state index in [9.17, 15) is 4.79 Å². The molecule has 1 aliphatic rings. The van der Waals surface area contributed by atoms with Crippen LogP contribution in [-0.2, 0) is 21.6 Å². The smallest absolute Gasteiger partial charge is 0.344 e. The summed E-state index contributed by atoms with van der Waals surface area (Å²) in [5.41, 5.74) is 6.78. The Balaban J connectivity index is 1.61. The summed E-state index contributed by atoms with van der Waals surface area (Å²) < 4.78 is 17.0. The fraction of sp³-hybridized carbons (Fsp3) is 0.286. The highest BCUT2D eigenvalue weighted by Gasteiger charge is 2.37. The lowest BCUT2D eigenvalue weighted by atomic mass is 9.86. The van der Waals surface area contributed by atoms with Crippen LogP contribution in [0.2, 0.25) is 0 Å². The first-order valence-corrected chi connectivity index (χ1v) is 12.6. The summed E-state index contributed by atoms with van der Waals surface area (Å²) >= 11 is 5.54. The van der Waals surface area contributed by atoms with Gasteiger partial charge in [0, 0.05) is 35.6 Å². The number of hydrogen-bond donors (Lipinski definition) is 2. The zero-order valence-corrected chi connectivity index (χ0v) is 21.9. The number of anilines is 1. The van der Waals surface area contributed by atoms with E-state index in [0.29, 0.717) is 29.6 Å². The molecule has 192 valence electrons. The Hall–Kier alpha value is -3.98. The van der Waals surface area contributed by atoms with Crippen LogP contribution in [0.5, 0.6) is 11.5 Å². The van der Waals surface area contributed by atoms with Crippen molar-refractivity contribution in [1.82, 2.24) is 10.4 Å². The van der Waals surface area contributed by atoms with Crippen LogP contribution < -0.4 is 20.2 Å². The van der Waals surface area contributed by atoms with Crippen LogP contribution in [0.1, 0.15) is 43.9 Å². The number of nitrogens with zero attached hydrogens (tertiary/aromatic N) is 2. The van der Waals surface area contributed by atoms with E-state index >= 15 is 0 Å². The maximum Gasteiger partial charge on any atom is 0.344 e. The van der Waals surface area contributed by atoms with Crippen molar-refractivity contribution in [2.75, 3.05) is 18.5 Å². The summed E-state index contributed by atoms with van der Waals surface area (Å²) in [6, 6.07) is 17.2. The number of nitrogens with one attached hydrogen (secondary N) is 2. The van der Waals surface area contributed by atoms with E-state index in [4.69, 9.17) is 26.4 Å². The second-order valence-corrected chi connectivity index (χ2v) is 9.05. The first-order valence-electron chi connectivity index (χ1n) is 12.2. The number of thiocarbonyl (C=S) groups is 1. The van der Waals surface area contributed by atoms with Crippen molar-refractivity contribution in [1.29, 1.82) is 0 Å². The number of fused-ring (bicyclic) bond motifs is 1. The second-order valence-electron chi connectivity index (χ2n) is 8.64. The third kappa shape index (κ3) is 6.42. The van der Waals surface area contributed by atoms with E-state index in [2.05, 4.69) is 33.8 Å². The molecule has 0 radical (unpaired) electrons. The minimum Gasteiger partial charge on any atom is -0.482 e. The second kappa shape index (κ2) is 11.8. The standard InChI is InChI=1S/C28H30N4O4S/c1-4-19-9-6-7-11-23(19)30-27(37)32-31-24-16-28(3,20-10-8-14-29-17-20)36-25-13-12-21(15-22(24)25)35-18-26(33)34-5-2/h6-15,17H,4-5,16,18H2,1-3H3,(H2,30,32,37)/b31-24-/t28-/m1/s1. The molecule has 9 heteroatoms. The summed E-state index contributed by atoms with van der Waals surface area (Å²) in [5.74, 6) is 0.711. The van der Waals surface area contributed by atoms with Crippen molar-refractivity contribution >= 4 is 34.7 Å². The van der Waals surface area contributed by atoms with Crippen molar-refractivity contribution in [2.45, 2.75) is 39.2 Å². The zero-order valence-electron chi connectivity index (χ0n) is 21.1. The van der Waals surface area contributed by atoms with Crippen LogP contribution in [0, 0.1) is 0 Å². The molecule has 0 bridgehead atoms. The SMILES string of the molecule is CCOC(=O)COc1ccc2c(c1)/C(=N\NC(=S)Nc1ccccc1CC)C[C@](C)(c1cccnc1)O2. The molecule has 0 amide bonds. The lowest BCUT2D eigenvalue weighted by molar-refractivity contribution is -0.145. The number of aryl methyl sites for hydroxylation is 1. The summed E-state index contributed by atoms with van der Waals surface area (Å²) in [4.78, 5) is 16.0. The largest absolute Gasteiger partial charge is 0.482 e. The number of benzene rings is 2. The zero-order chi connectivity index (χ0) is 26.3. The predicted molar refractivity (Wildman–Crippen MR) is 147 cm³/mol. The van der Waals surface area contributed by atoms with Gasteiger partial charge in [-0.25, -0.2) is 4.79 Å². The Morgan fingerprint density at radius 1 is 1.19 bits per heavy atom. The van der Waals surface area contributed by atoms with Crippen molar-refractivity contribution in [2.24, 2.45) is 5.10 Å². The molecule has 8 nitrogen and oxygen atoms in total. The third-order valence-corrected chi connectivity index (χ3v) is 6.17. The number of carbonyl (C=O) groups excluding carboxylic acids is 1. The molecule has 37 heavy (non-hydrogen) atoms. The Labute approximate surface area is 222 Å². The van der Waals surface area contributed by atoms with Crippen LogP contribution in [0.25, 0.3) is 0 Å². The number of rotatable bonds is 8. The number of esters is 1. The number of pyridine rings is 1. The molecule has 4 rings (SSSR count). The molecule has 2 heterocycles. The molecule has 0 saturated carbocycles. The molecule has 0 aliphatic carbocycles. The number of aromatic nitrogens is 1. The Bertz CT molecular complexity index is 1300. The fourth-order valence-electron chi connectivity index (χ4n) is 4.11. The van der Waals surface area contributed by atoms with Crippen LogP contribution in [0.4, 0.5) is 5.69 Å². The highest BCUT2D eigenvalue weighted by Crippen LogP contribution is 2.40. The fourth-order valence-corrected chi connectivity index (χ4v) is 4.26. The van der Waals surface area contributed by atoms with E-state index in [1.807, 2.05) is 43.3 Å². The molecule has 0 spiro atoms. The van der Waals surface area contributed by atoms with Crippen molar-refractivity contribution in [3.05, 3.63) is 83.7 Å². The van der Waals surface area contributed by atoms with Gasteiger partial charge in [-0.05, 0) is 68.4 Å². The summed E-state index contributed by atoms with van der Waals surface area (Å²) in [6.45, 7) is 5.96. The summed E-state index contributed by atoms with van der Waals surface area (Å²) in [5, 5.41) is 8.28. The van der Waals surface area contributed by atoms with E-state index in [-0.39, 0.29) is 6.61 Å². The van der Waals surface area contributed by atoms with E-state index in [1.54, 1.807) is 31.5 Å². The quantitative estimate of drug-likeness (QED) is 0.245. The van der Waals surface area contributed by atoms with Crippen LogP contribution in [-0.4, -0.2) is 35.0 Å². The molecule has 2 aromatic carbocycles. The molecule has 2 N–H and O–H groups in total. The molecule has 0 unspecified atom stereocenters. The Morgan fingerprint density at radius 3 is 2.78 bits per heavy atom. The van der Waals surface area contributed by atoms with Crippen LogP contribution in [0.15, 0.2) is 72.1 Å². The van der Waals surface area contributed by atoms with Gasteiger partial charge in [-0.15, -0.1) is 0 Å². The van der Waals surface area contributed by atoms with Gasteiger partial charge in [0.25, 0.3) is 0 Å².